The van der Waals surface area contributed by atoms with E-state index in [1.807, 2.05) is 78.9 Å². The first kappa shape index (κ1) is 18.3. The van der Waals surface area contributed by atoms with Crippen LogP contribution in [0.3, 0.4) is 0 Å². The average Bonchev–Trinajstić information content (AvgIpc) is 3.15. The highest BCUT2D eigenvalue weighted by molar-refractivity contribution is 9.10. The Kier molecular flexibility index (Phi) is 5.39. The number of fused-ring (bicyclic) bond motifs is 1. The molecule has 0 fully saturated rings. The zero-order chi connectivity index (χ0) is 19.3. The van der Waals surface area contributed by atoms with Gasteiger partial charge < -0.3 is 15.0 Å². The second kappa shape index (κ2) is 8.27. The lowest BCUT2D eigenvalue weighted by Crippen LogP contribution is -2.32. The van der Waals surface area contributed by atoms with Gasteiger partial charge in [-0.15, -0.1) is 0 Å². The molecule has 1 unspecified atom stereocenters. The third-order valence-electron chi connectivity index (χ3n) is 4.29. The molecule has 4 rings (SSSR count). The maximum absolute atomic E-state index is 13.0. The van der Waals surface area contributed by atoms with Gasteiger partial charge in [-0.25, -0.2) is 4.98 Å². The number of halogens is 1. The zero-order valence-electron chi connectivity index (χ0n) is 14.9. The van der Waals surface area contributed by atoms with Crippen molar-refractivity contribution in [2.45, 2.75) is 12.6 Å². The Morgan fingerprint density at radius 2 is 1.71 bits per heavy atom. The second-order valence-electron chi connectivity index (χ2n) is 6.26. The monoisotopic (exact) mass is 435 g/mol. The Bertz CT molecular complexity index is 1060. The van der Waals surface area contributed by atoms with E-state index in [0.29, 0.717) is 11.6 Å². The van der Waals surface area contributed by atoms with E-state index in [4.69, 9.17) is 4.74 Å². The first-order valence-corrected chi connectivity index (χ1v) is 9.67. The minimum absolute atomic E-state index is 0.234. The van der Waals surface area contributed by atoms with Crippen molar-refractivity contribution in [3.05, 3.63) is 94.7 Å². The minimum atomic E-state index is -0.774. The van der Waals surface area contributed by atoms with Crippen LogP contribution >= 0.6 is 15.9 Å². The molecule has 6 heteroatoms. The molecule has 2 N–H and O–H groups in total. The molecule has 0 spiro atoms. The van der Waals surface area contributed by atoms with Crippen LogP contribution in [0.2, 0.25) is 0 Å². The Hall–Kier alpha value is -3.12. The van der Waals surface area contributed by atoms with Crippen LogP contribution in [0.15, 0.2) is 83.3 Å². The Labute approximate surface area is 170 Å². The van der Waals surface area contributed by atoms with Crippen LogP contribution in [0.25, 0.3) is 11.0 Å². The van der Waals surface area contributed by atoms with Crippen LogP contribution in [0.1, 0.15) is 17.5 Å². The average molecular weight is 436 g/mol. The number of hydrogen-bond donors (Lipinski definition) is 2. The summed E-state index contributed by atoms with van der Waals surface area (Å²) in [5.74, 6) is 1.07. The predicted octanol–water partition coefficient (Wildman–Crippen LogP) is 4.76. The van der Waals surface area contributed by atoms with Crippen molar-refractivity contribution >= 4 is 32.9 Å². The molecule has 28 heavy (non-hydrogen) atoms. The summed E-state index contributed by atoms with van der Waals surface area (Å²) in [6, 6.07) is 24.7. The van der Waals surface area contributed by atoms with Crippen LogP contribution < -0.4 is 10.1 Å². The summed E-state index contributed by atoms with van der Waals surface area (Å²) in [5.41, 5.74) is 2.59. The zero-order valence-corrected chi connectivity index (χ0v) is 16.5. The lowest BCUT2D eigenvalue weighted by Gasteiger charge is -2.19. The van der Waals surface area contributed by atoms with Crippen LogP contribution in [-0.4, -0.2) is 15.9 Å². The second-order valence-corrected chi connectivity index (χ2v) is 7.11. The van der Waals surface area contributed by atoms with Gasteiger partial charge in [0.2, 0.25) is 6.10 Å². The maximum Gasteiger partial charge on any atom is 0.266 e. The van der Waals surface area contributed by atoms with E-state index in [-0.39, 0.29) is 12.5 Å². The number of imidazole rings is 1. The van der Waals surface area contributed by atoms with Gasteiger partial charge in [0.1, 0.15) is 11.6 Å². The molecule has 1 amide bonds. The summed E-state index contributed by atoms with van der Waals surface area (Å²) >= 11 is 3.47. The lowest BCUT2D eigenvalue weighted by atomic mass is 10.1. The highest BCUT2D eigenvalue weighted by atomic mass is 79.9. The fourth-order valence-corrected chi connectivity index (χ4v) is 3.30. The molecule has 4 aromatic rings. The Morgan fingerprint density at radius 3 is 2.50 bits per heavy atom. The van der Waals surface area contributed by atoms with Crippen LogP contribution in [-0.2, 0) is 11.3 Å². The van der Waals surface area contributed by atoms with Gasteiger partial charge in [-0.1, -0.05) is 54.6 Å². The first-order chi connectivity index (χ1) is 13.7. The fraction of sp³-hybridized carbons (Fsp3) is 0.0909. The largest absolute Gasteiger partial charge is 0.475 e. The van der Waals surface area contributed by atoms with Crippen molar-refractivity contribution in [3.8, 4) is 5.75 Å². The number of carbonyl (C=O) groups excluding carboxylic acids is 1. The van der Waals surface area contributed by atoms with Crippen molar-refractivity contribution < 1.29 is 9.53 Å². The summed E-state index contributed by atoms with van der Waals surface area (Å²) in [6.45, 7) is 0.288. The highest BCUT2D eigenvalue weighted by Gasteiger charge is 2.23. The van der Waals surface area contributed by atoms with Crippen LogP contribution in [0.5, 0.6) is 5.75 Å². The Balaban J connectivity index is 1.53. The quantitative estimate of drug-likeness (QED) is 0.458. The van der Waals surface area contributed by atoms with E-state index in [9.17, 15) is 4.79 Å². The molecule has 0 bridgehead atoms. The summed E-state index contributed by atoms with van der Waals surface area (Å²) in [6.07, 6.45) is -0.774. The topological polar surface area (TPSA) is 67.0 Å². The normalized spacial score (nSPS) is 11.9. The number of benzene rings is 3. The molecule has 0 aliphatic heterocycles. The van der Waals surface area contributed by atoms with Crippen molar-refractivity contribution in [2.24, 2.45) is 0 Å². The number of nitrogens with zero attached hydrogens (tertiary/aromatic N) is 1. The number of aromatic amines is 1. The molecular weight excluding hydrogens is 418 g/mol. The van der Waals surface area contributed by atoms with Gasteiger partial charge in [0.05, 0.1) is 22.1 Å². The summed E-state index contributed by atoms with van der Waals surface area (Å²) in [4.78, 5) is 20.7. The SMILES string of the molecule is O=C(NCc1nc2ccccc2[nH]1)C(Oc1ccccc1Br)c1ccccc1. The van der Waals surface area contributed by atoms with Crippen molar-refractivity contribution in [1.82, 2.24) is 15.3 Å². The molecule has 140 valence electrons. The maximum atomic E-state index is 13.0. The number of amides is 1. The number of rotatable bonds is 6. The standard InChI is InChI=1S/C22H18BrN3O2/c23-16-10-4-7-13-19(16)28-21(15-8-2-1-3-9-15)22(27)24-14-20-25-17-11-5-6-12-18(17)26-20/h1-13,21H,14H2,(H,24,27)(H,25,26). The van der Waals surface area contributed by atoms with Gasteiger partial charge in [-0.05, 0) is 40.2 Å². The Morgan fingerprint density at radius 1 is 1.00 bits per heavy atom. The van der Waals surface area contributed by atoms with E-state index in [0.717, 1.165) is 21.1 Å². The summed E-state index contributed by atoms with van der Waals surface area (Å²) in [5, 5.41) is 2.93. The lowest BCUT2D eigenvalue weighted by molar-refractivity contribution is -0.128. The number of H-pyrrole nitrogens is 1. The van der Waals surface area contributed by atoms with Crippen molar-refractivity contribution in [2.75, 3.05) is 0 Å². The van der Waals surface area contributed by atoms with Gasteiger partial charge in [-0.2, -0.15) is 0 Å². The van der Waals surface area contributed by atoms with Crippen LogP contribution in [0, 0.1) is 0 Å². The number of hydrogen-bond acceptors (Lipinski definition) is 3. The van der Waals surface area contributed by atoms with Gasteiger partial charge in [-0.3, -0.25) is 4.79 Å². The number of nitrogens with one attached hydrogen (secondary N) is 2. The van der Waals surface area contributed by atoms with Crippen LogP contribution in [0.4, 0.5) is 0 Å². The van der Waals surface area contributed by atoms with Gasteiger partial charge in [0.25, 0.3) is 5.91 Å². The van der Waals surface area contributed by atoms with Gasteiger partial charge in [0, 0.05) is 5.56 Å². The molecule has 0 radical (unpaired) electrons. The predicted molar refractivity (Wildman–Crippen MR) is 112 cm³/mol. The molecule has 3 aromatic carbocycles. The van der Waals surface area contributed by atoms with Crippen molar-refractivity contribution in [1.29, 1.82) is 0 Å². The van der Waals surface area contributed by atoms with E-state index in [2.05, 4.69) is 31.2 Å². The molecule has 1 atom stereocenters. The molecule has 5 nitrogen and oxygen atoms in total. The molecule has 0 aliphatic rings. The third-order valence-corrected chi connectivity index (χ3v) is 4.95. The number of carbonyl (C=O) groups is 1. The molecule has 1 heterocycles. The highest BCUT2D eigenvalue weighted by Crippen LogP contribution is 2.29. The third kappa shape index (κ3) is 4.07. The fourth-order valence-electron chi connectivity index (χ4n) is 2.92. The minimum Gasteiger partial charge on any atom is -0.475 e. The van der Waals surface area contributed by atoms with E-state index in [1.54, 1.807) is 0 Å². The van der Waals surface area contributed by atoms with Crippen molar-refractivity contribution in [3.63, 3.8) is 0 Å². The van der Waals surface area contributed by atoms with E-state index in [1.165, 1.54) is 0 Å². The molecule has 0 aliphatic carbocycles. The molecular formula is C22H18BrN3O2. The smallest absolute Gasteiger partial charge is 0.266 e. The molecule has 1 aromatic heterocycles. The molecule has 0 saturated heterocycles. The molecule has 0 saturated carbocycles. The number of ether oxygens (including phenoxy) is 1. The number of aromatic nitrogens is 2. The van der Waals surface area contributed by atoms with Gasteiger partial charge in [0.15, 0.2) is 0 Å². The van der Waals surface area contributed by atoms with E-state index >= 15 is 0 Å². The summed E-state index contributed by atoms with van der Waals surface area (Å²) < 4.78 is 6.84. The first-order valence-electron chi connectivity index (χ1n) is 8.88. The summed E-state index contributed by atoms with van der Waals surface area (Å²) in [7, 11) is 0. The number of para-hydroxylation sites is 3. The van der Waals surface area contributed by atoms with Gasteiger partial charge >= 0.3 is 0 Å². The van der Waals surface area contributed by atoms with E-state index < -0.39 is 6.10 Å².